The molecule has 0 aromatic heterocycles. The molecule has 0 radical (unpaired) electrons. The molecule has 0 fully saturated rings. The second-order valence-corrected chi connectivity index (χ2v) is 4.20. The van der Waals surface area contributed by atoms with Crippen LogP contribution in [-0.4, -0.2) is 36.7 Å². The molecule has 6 heteroatoms. The number of rotatable bonds is 10. The average Bonchev–Trinajstić information content (AvgIpc) is 2.33. The minimum atomic E-state index is -0.432. The van der Waals surface area contributed by atoms with Gasteiger partial charge in [0.15, 0.2) is 0 Å². The van der Waals surface area contributed by atoms with Crippen LogP contribution in [0.2, 0.25) is 0 Å². The van der Waals surface area contributed by atoms with Crippen LogP contribution >= 0.6 is 0 Å². The Hall–Kier alpha value is -1.72. The van der Waals surface area contributed by atoms with Crippen LogP contribution in [0.1, 0.15) is 46.0 Å². The Morgan fingerprint density at radius 1 is 0.684 bits per heavy atom. The van der Waals surface area contributed by atoms with Gasteiger partial charge in [-0.15, -0.1) is 0 Å². The van der Waals surface area contributed by atoms with E-state index >= 15 is 0 Å². The van der Waals surface area contributed by atoms with Gasteiger partial charge < -0.3 is 19.1 Å². The van der Waals surface area contributed by atoms with Crippen LogP contribution < -0.4 is 0 Å². The SMILES string of the molecule is CC(=O)CCC(=O)OCCCOC(=O)CCC(C)=O. The first-order chi connectivity index (χ1) is 8.91. The topological polar surface area (TPSA) is 86.7 Å². The highest BCUT2D eigenvalue weighted by molar-refractivity contribution is 5.81. The van der Waals surface area contributed by atoms with Crippen molar-refractivity contribution in [1.29, 1.82) is 0 Å². The molecule has 0 amide bonds. The molecule has 0 aliphatic heterocycles. The Labute approximate surface area is 112 Å². The van der Waals surface area contributed by atoms with E-state index in [1.165, 1.54) is 13.8 Å². The third-order valence-electron chi connectivity index (χ3n) is 2.18. The Morgan fingerprint density at radius 2 is 1.05 bits per heavy atom. The quantitative estimate of drug-likeness (QED) is 0.438. The molecule has 108 valence electrons. The first kappa shape index (κ1) is 17.3. The number of hydrogen-bond acceptors (Lipinski definition) is 6. The molecule has 0 aliphatic rings. The molecule has 0 rings (SSSR count). The normalized spacial score (nSPS) is 9.79. The summed E-state index contributed by atoms with van der Waals surface area (Å²) in [6.45, 7) is 3.12. The van der Waals surface area contributed by atoms with E-state index in [0.717, 1.165) is 0 Å². The van der Waals surface area contributed by atoms with E-state index in [0.29, 0.717) is 6.42 Å². The summed E-state index contributed by atoms with van der Waals surface area (Å²) in [6, 6.07) is 0. The smallest absolute Gasteiger partial charge is 0.306 e. The van der Waals surface area contributed by atoms with Gasteiger partial charge in [0.1, 0.15) is 11.6 Å². The number of ether oxygens (including phenoxy) is 2. The summed E-state index contributed by atoms with van der Waals surface area (Å²) in [6.07, 6.45) is 0.914. The largest absolute Gasteiger partial charge is 0.466 e. The predicted molar refractivity (Wildman–Crippen MR) is 66.4 cm³/mol. The minimum absolute atomic E-state index is 0.0589. The molecule has 0 saturated carbocycles. The van der Waals surface area contributed by atoms with E-state index in [1.54, 1.807) is 0 Å². The van der Waals surface area contributed by atoms with Crippen molar-refractivity contribution in [2.24, 2.45) is 0 Å². The molecule has 0 spiro atoms. The van der Waals surface area contributed by atoms with Crippen LogP contribution in [-0.2, 0) is 28.7 Å². The van der Waals surface area contributed by atoms with Crippen LogP contribution in [0.5, 0.6) is 0 Å². The van der Waals surface area contributed by atoms with Crippen molar-refractivity contribution in [2.45, 2.75) is 46.0 Å². The Bertz CT molecular complexity index is 302. The fourth-order valence-corrected chi connectivity index (χ4v) is 1.13. The predicted octanol–water partition coefficient (Wildman–Crippen LogP) is 1.20. The first-order valence-electron chi connectivity index (χ1n) is 6.22. The van der Waals surface area contributed by atoms with Crippen molar-refractivity contribution in [1.82, 2.24) is 0 Å². The van der Waals surface area contributed by atoms with Gasteiger partial charge in [-0.2, -0.15) is 0 Å². The number of ketones is 2. The van der Waals surface area contributed by atoms with E-state index in [2.05, 4.69) is 0 Å². The third kappa shape index (κ3) is 12.5. The van der Waals surface area contributed by atoms with Gasteiger partial charge >= 0.3 is 11.9 Å². The summed E-state index contributed by atoms with van der Waals surface area (Å²) in [4.78, 5) is 43.4. The second-order valence-electron chi connectivity index (χ2n) is 4.20. The van der Waals surface area contributed by atoms with Crippen molar-refractivity contribution < 1.29 is 28.7 Å². The molecule has 0 unspecified atom stereocenters. The summed E-state index contributed by atoms with van der Waals surface area (Å²) in [5, 5.41) is 0. The Morgan fingerprint density at radius 3 is 1.37 bits per heavy atom. The summed E-state index contributed by atoms with van der Waals surface area (Å²) >= 11 is 0. The van der Waals surface area contributed by atoms with Crippen LogP contribution in [0.4, 0.5) is 0 Å². The highest BCUT2D eigenvalue weighted by atomic mass is 16.5. The molecule has 0 aliphatic carbocycles. The maximum atomic E-state index is 11.1. The molecule has 0 heterocycles. The van der Waals surface area contributed by atoms with Crippen LogP contribution in [0.15, 0.2) is 0 Å². The van der Waals surface area contributed by atoms with Gasteiger partial charge in [0.25, 0.3) is 0 Å². The van der Waals surface area contributed by atoms with Crippen LogP contribution in [0.3, 0.4) is 0 Å². The zero-order valence-electron chi connectivity index (χ0n) is 11.4. The molecule has 0 N–H and O–H groups in total. The van der Waals surface area contributed by atoms with Crippen LogP contribution in [0, 0.1) is 0 Å². The van der Waals surface area contributed by atoms with E-state index in [9.17, 15) is 19.2 Å². The monoisotopic (exact) mass is 272 g/mol. The van der Waals surface area contributed by atoms with Gasteiger partial charge in [-0.05, 0) is 13.8 Å². The van der Waals surface area contributed by atoms with Crippen molar-refractivity contribution in [3.05, 3.63) is 0 Å². The number of hydrogen-bond donors (Lipinski definition) is 0. The van der Waals surface area contributed by atoms with Gasteiger partial charge in [-0.1, -0.05) is 0 Å². The molecule has 0 aromatic carbocycles. The molecule has 0 bridgehead atoms. The van der Waals surface area contributed by atoms with Crippen molar-refractivity contribution in [2.75, 3.05) is 13.2 Å². The summed E-state index contributed by atoms with van der Waals surface area (Å²) in [5.74, 6) is -0.982. The fourth-order valence-electron chi connectivity index (χ4n) is 1.13. The highest BCUT2D eigenvalue weighted by Crippen LogP contribution is 1.97. The van der Waals surface area contributed by atoms with Gasteiger partial charge in [-0.25, -0.2) is 0 Å². The van der Waals surface area contributed by atoms with E-state index < -0.39 is 11.9 Å². The maximum Gasteiger partial charge on any atom is 0.306 e. The lowest BCUT2D eigenvalue weighted by molar-refractivity contribution is -0.147. The number of carbonyl (C=O) groups excluding carboxylic acids is 4. The zero-order valence-corrected chi connectivity index (χ0v) is 11.4. The van der Waals surface area contributed by atoms with Gasteiger partial charge in [0.05, 0.1) is 26.1 Å². The third-order valence-corrected chi connectivity index (χ3v) is 2.18. The maximum absolute atomic E-state index is 11.1. The lowest BCUT2D eigenvalue weighted by Gasteiger charge is -2.05. The molecule has 0 aromatic rings. The minimum Gasteiger partial charge on any atom is -0.466 e. The molecule has 19 heavy (non-hydrogen) atoms. The number of carbonyl (C=O) groups is 4. The van der Waals surface area contributed by atoms with Crippen molar-refractivity contribution >= 4 is 23.5 Å². The van der Waals surface area contributed by atoms with Gasteiger partial charge in [0.2, 0.25) is 0 Å². The molecule has 0 saturated heterocycles. The molecule has 6 nitrogen and oxygen atoms in total. The zero-order chi connectivity index (χ0) is 14.7. The number of Topliss-reactive ketones (excluding diaryl/α,β-unsaturated/α-hetero) is 2. The average molecular weight is 272 g/mol. The van der Waals surface area contributed by atoms with Crippen LogP contribution in [0.25, 0.3) is 0 Å². The standard InChI is InChI=1S/C13H20O6/c1-10(14)4-6-12(16)18-8-3-9-19-13(17)7-5-11(2)15/h3-9H2,1-2H3. The van der Waals surface area contributed by atoms with E-state index in [4.69, 9.17) is 9.47 Å². The summed E-state index contributed by atoms with van der Waals surface area (Å²) in [5.41, 5.74) is 0. The van der Waals surface area contributed by atoms with Gasteiger partial charge in [0, 0.05) is 19.3 Å². The lowest BCUT2D eigenvalue weighted by Crippen LogP contribution is -2.11. The second kappa shape index (κ2) is 10.2. The lowest BCUT2D eigenvalue weighted by atomic mass is 10.2. The fraction of sp³-hybridized carbons (Fsp3) is 0.692. The molecule has 0 atom stereocenters. The summed E-state index contributed by atoms with van der Waals surface area (Å²) in [7, 11) is 0. The van der Waals surface area contributed by atoms with E-state index in [-0.39, 0.29) is 50.5 Å². The Kier molecular flexibility index (Phi) is 9.30. The molecular formula is C13H20O6. The first-order valence-corrected chi connectivity index (χ1v) is 6.22. The van der Waals surface area contributed by atoms with Gasteiger partial charge in [-0.3, -0.25) is 9.59 Å². The Balaban J connectivity index is 3.44. The number of esters is 2. The summed E-state index contributed by atoms with van der Waals surface area (Å²) < 4.78 is 9.67. The van der Waals surface area contributed by atoms with Crippen molar-refractivity contribution in [3.63, 3.8) is 0 Å². The van der Waals surface area contributed by atoms with E-state index in [1.807, 2.05) is 0 Å². The van der Waals surface area contributed by atoms with Crippen molar-refractivity contribution in [3.8, 4) is 0 Å². The highest BCUT2D eigenvalue weighted by Gasteiger charge is 2.06. The molecular weight excluding hydrogens is 252 g/mol.